The van der Waals surface area contributed by atoms with Crippen molar-refractivity contribution >= 4 is 16.5 Å². The lowest BCUT2D eigenvalue weighted by atomic mass is 10.3. The van der Waals surface area contributed by atoms with E-state index in [1.54, 1.807) is 18.3 Å². The van der Waals surface area contributed by atoms with Gasteiger partial charge in [0.1, 0.15) is 0 Å². The van der Waals surface area contributed by atoms with E-state index < -0.39 is 6.10 Å². The number of hydrogen-bond acceptors (Lipinski definition) is 4. The van der Waals surface area contributed by atoms with E-state index in [-0.39, 0.29) is 0 Å². The second-order valence-corrected chi connectivity index (χ2v) is 3.58. The second-order valence-electron chi connectivity index (χ2n) is 2.75. The summed E-state index contributed by atoms with van der Waals surface area (Å²) in [4.78, 5) is 6.33. The topological polar surface area (TPSA) is 36.4 Å². The summed E-state index contributed by atoms with van der Waals surface area (Å²) >= 11 is 1.57. The van der Waals surface area contributed by atoms with Crippen LogP contribution in [0, 0.1) is 0 Å². The van der Waals surface area contributed by atoms with Gasteiger partial charge in [-0.25, -0.2) is 4.98 Å². The molecule has 0 saturated heterocycles. The number of rotatable bonds is 3. The minimum Gasteiger partial charge on any atom is -0.387 e. The van der Waals surface area contributed by atoms with Crippen LogP contribution < -0.4 is 4.90 Å². The Kier molecular flexibility index (Phi) is 3.05. The van der Waals surface area contributed by atoms with Crippen LogP contribution in [0.15, 0.2) is 5.38 Å². The normalized spacial score (nSPS) is 13.0. The fraction of sp³-hybridized carbons (Fsp3) is 0.625. The lowest BCUT2D eigenvalue weighted by Gasteiger charge is -2.11. The summed E-state index contributed by atoms with van der Waals surface area (Å²) in [6.45, 7) is 4.74. The zero-order valence-electron chi connectivity index (χ0n) is 7.61. The number of aromatic nitrogens is 1. The highest BCUT2D eigenvalue weighted by Gasteiger charge is 2.08. The molecule has 1 rings (SSSR count). The molecule has 0 fully saturated rings. The molecule has 0 radical (unpaired) electrons. The number of thiazole rings is 1. The molecule has 1 aromatic heterocycles. The molecule has 1 heterocycles. The molecule has 68 valence electrons. The molecule has 0 aliphatic carbocycles. The van der Waals surface area contributed by atoms with Crippen LogP contribution >= 0.6 is 11.3 Å². The van der Waals surface area contributed by atoms with Crippen molar-refractivity contribution < 1.29 is 5.11 Å². The van der Waals surface area contributed by atoms with E-state index in [0.29, 0.717) is 0 Å². The smallest absolute Gasteiger partial charge is 0.185 e. The van der Waals surface area contributed by atoms with E-state index in [9.17, 15) is 5.11 Å². The van der Waals surface area contributed by atoms with Crippen molar-refractivity contribution in [3.05, 3.63) is 11.1 Å². The van der Waals surface area contributed by atoms with E-state index in [4.69, 9.17) is 0 Å². The summed E-state index contributed by atoms with van der Waals surface area (Å²) in [5.74, 6) is 0. The minimum atomic E-state index is -0.458. The van der Waals surface area contributed by atoms with Gasteiger partial charge in [-0.05, 0) is 13.8 Å². The van der Waals surface area contributed by atoms with Gasteiger partial charge in [0.15, 0.2) is 5.13 Å². The van der Waals surface area contributed by atoms with Crippen LogP contribution in [0.2, 0.25) is 0 Å². The average Bonchev–Trinajstić information content (AvgIpc) is 2.51. The number of aliphatic hydroxyl groups excluding tert-OH is 1. The standard InChI is InChI=1S/C8H14N2OS/c1-4-10(3)8-9-7(5-12-8)6(2)11/h5-6,11H,4H2,1-3H3. The van der Waals surface area contributed by atoms with Gasteiger partial charge in [0, 0.05) is 19.0 Å². The van der Waals surface area contributed by atoms with E-state index >= 15 is 0 Å². The SMILES string of the molecule is CCN(C)c1nc(C(C)O)cs1. The van der Waals surface area contributed by atoms with Gasteiger partial charge >= 0.3 is 0 Å². The lowest BCUT2D eigenvalue weighted by Crippen LogP contribution is -2.15. The summed E-state index contributed by atoms with van der Waals surface area (Å²) in [6, 6.07) is 0. The van der Waals surface area contributed by atoms with Crippen molar-refractivity contribution in [2.45, 2.75) is 20.0 Å². The maximum absolute atomic E-state index is 9.22. The Hall–Kier alpha value is -0.610. The summed E-state index contributed by atoms with van der Waals surface area (Å²) < 4.78 is 0. The zero-order chi connectivity index (χ0) is 9.14. The summed E-state index contributed by atoms with van der Waals surface area (Å²) in [5.41, 5.74) is 0.760. The third-order valence-corrected chi connectivity index (χ3v) is 2.71. The van der Waals surface area contributed by atoms with E-state index in [1.165, 1.54) is 0 Å². The van der Waals surface area contributed by atoms with Crippen LogP contribution in [0.25, 0.3) is 0 Å². The maximum atomic E-state index is 9.22. The van der Waals surface area contributed by atoms with Crippen LogP contribution in [-0.2, 0) is 0 Å². The van der Waals surface area contributed by atoms with Gasteiger partial charge in [-0.3, -0.25) is 0 Å². The quantitative estimate of drug-likeness (QED) is 0.779. The highest BCUT2D eigenvalue weighted by atomic mass is 32.1. The van der Waals surface area contributed by atoms with Crippen LogP contribution in [0.3, 0.4) is 0 Å². The third kappa shape index (κ3) is 1.95. The molecule has 1 atom stereocenters. The van der Waals surface area contributed by atoms with E-state index in [2.05, 4.69) is 16.8 Å². The molecular formula is C8H14N2OS. The molecule has 4 heteroatoms. The first kappa shape index (κ1) is 9.48. The number of aliphatic hydroxyl groups is 1. The summed E-state index contributed by atoms with van der Waals surface area (Å²) in [7, 11) is 1.99. The molecule has 1 N–H and O–H groups in total. The van der Waals surface area contributed by atoms with Gasteiger partial charge in [-0.1, -0.05) is 0 Å². The Morgan fingerprint density at radius 3 is 2.83 bits per heavy atom. The molecule has 1 unspecified atom stereocenters. The predicted molar refractivity (Wildman–Crippen MR) is 51.7 cm³/mol. The van der Waals surface area contributed by atoms with Crippen molar-refractivity contribution in [3.63, 3.8) is 0 Å². The fourth-order valence-corrected chi connectivity index (χ4v) is 1.72. The molecule has 0 bridgehead atoms. The fourth-order valence-electron chi connectivity index (χ4n) is 0.779. The molecule has 0 aliphatic rings. The van der Waals surface area contributed by atoms with Crippen LogP contribution in [0.4, 0.5) is 5.13 Å². The number of nitrogens with zero attached hydrogens (tertiary/aromatic N) is 2. The first-order chi connectivity index (χ1) is 5.65. The van der Waals surface area contributed by atoms with Crippen molar-refractivity contribution in [3.8, 4) is 0 Å². The summed E-state index contributed by atoms with van der Waals surface area (Å²) in [5, 5.41) is 12.1. The monoisotopic (exact) mass is 186 g/mol. The van der Waals surface area contributed by atoms with Gasteiger partial charge in [0.25, 0.3) is 0 Å². The molecule has 0 saturated carbocycles. The molecule has 3 nitrogen and oxygen atoms in total. The molecule has 0 spiro atoms. The maximum Gasteiger partial charge on any atom is 0.185 e. The zero-order valence-corrected chi connectivity index (χ0v) is 8.43. The molecule has 0 amide bonds. The van der Waals surface area contributed by atoms with E-state index in [1.807, 2.05) is 12.4 Å². The Morgan fingerprint density at radius 1 is 1.75 bits per heavy atom. The van der Waals surface area contributed by atoms with Crippen LogP contribution in [0.1, 0.15) is 25.6 Å². The van der Waals surface area contributed by atoms with Gasteiger partial charge in [0.05, 0.1) is 11.8 Å². The Labute approximate surface area is 76.7 Å². The lowest BCUT2D eigenvalue weighted by molar-refractivity contribution is 0.195. The Bertz CT molecular complexity index is 247. The van der Waals surface area contributed by atoms with Crippen molar-refractivity contribution in [2.24, 2.45) is 0 Å². The second kappa shape index (κ2) is 3.87. The molecule has 12 heavy (non-hydrogen) atoms. The van der Waals surface area contributed by atoms with Crippen LogP contribution in [-0.4, -0.2) is 23.7 Å². The highest BCUT2D eigenvalue weighted by Crippen LogP contribution is 2.22. The first-order valence-corrected chi connectivity index (χ1v) is 4.87. The largest absolute Gasteiger partial charge is 0.387 e. The van der Waals surface area contributed by atoms with Gasteiger partial charge in [-0.2, -0.15) is 0 Å². The molecular weight excluding hydrogens is 172 g/mol. The molecule has 0 aliphatic heterocycles. The average molecular weight is 186 g/mol. The summed E-state index contributed by atoms with van der Waals surface area (Å²) in [6.07, 6.45) is -0.458. The van der Waals surface area contributed by atoms with Crippen LogP contribution in [0.5, 0.6) is 0 Å². The predicted octanol–water partition coefficient (Wildman–Crippen LogP) is 1.65. The van der Waals surface area contributed by atoms with Crippen molar-refractivity contribution in [1.29, 1.82) is 0 Å². The number of anilines is 1. The van der Waals surface area contributed by atoms with E-state index in [0.717, 1.165) is 17.4 Å². The Balaban J connectivity index is 2.77. The highest BCUT2D eigenvalue weighted by molar-refractivity contribution is 7.13. The van der Waals surface area contributed by atoms with Crippen molar-refractivity contribution in [1.82, 2.24) is 4.98 Å². The number of hydrogen-bond donors (Lipinski definition) is 1. The molecule has 1 aromatic rings. The minimum absolute atomic E-state index is 0.458. The van der Waals surface area contributed by atoms with Gasteiger partial charge in [0.2, 0.25) is 0 Å². The first-order valence-electron chi connectivity index (χ1n) is 3.99. The van der Waals surface area contributed by atoms with Gasteiger partial charge in [-0.15, -0.1) is 11.3 Å². The third-order valence-electron chi connectivity index (χ3n) is 1.74. The van der Waals surface area contributed by atoms with Gasteiger partial charge < -0.3 is 10.0 Å². The van der Waals surface area contributed by atoms with Crippen molar-refractivity contribution in [2.75, 3.05) is 18.5 Å². The Morgan fingerprint density at radius 2 is 2.42 bits per heavy atom. The molecule has 0 aromatic carbocycles.